The van der Waals surface area contributed by atoms with Gasteiger partial charge in [-0.25, -0.2) is 8.42 Å². The summed E-state index contributed by atoms with van der Waals surface area (Å²) in [6.45, 7) is 8.92. The minimum atomic E-state index is -3.33. The normalized spacial score (nSPS) is 12.1. The lowest BCUT2D eigenvalue weighted by atomic mass is 9.94. The van der Waals surface area contributed by atoms with Gasteiger partial charge in [0.2, 0.25) is 10.0 Å². The Bertz CT molecular complexity index is 895. The lowest BCUT2D eigenvalue weighted by Gasteiger charge is -2.21. The molecule has 0 heterocycles. The molecule has 0 saturated heterocycles. The minimum Gasteiger partial charge on any atom is -0.456 e. The van der Waals surface area contributed by atoms with Crippen molar-refractivity contribution in [3.63, 3.8) is 0 Å². The molecule has 0 spiro atoms. The second-order valence-corrected chi connectivity index (χ2v) is 9.62. The number of aryl methyl sites for hydroxylation is 2. The average Bonchev–Trinajstić information content (AvgIpc) is 2.51. The molecule has 2 aromatic rings. The number of benzene rings is 2. The number of halogens is 1. The molecule has 0 unspecified atom stereocenters. The molecule has 0 aliphatic heterocycles. The summed E-state index contributed by atoms with van der Waals surface area (Å²) in [6.07, 6.45) is 0. The molecule has 0 radical (unpaired) electrons. The van der Waals surface area contributed by atoms with Gasteiger partial charge in [-0.05, 0) is 97.6 Å². The Kier molecular flexibility index (Phi) is 6.05. The Labute approximate surface area is 163 Å². The molecule has 0 aliphatic rings. The van der Waals surface area contributed by atoms with Gasteiger partial charge in [0, 0.05) is 5.69 Å². The Morgan fingerprint density at radius 2 is 1.73 bits per heavy atom. The third kappa shape index (κ3) is 4.99. The fourth-order valence-corrected chi connectivity index (χ4v) is 3.56. The van der Waals surface area contributed by atoms with Crippen molar-refractivity contribution in [1.29, 1.82) is 0 Å². The van der Waals surface area contributed by atoms with E-state index in [4.69, 9.17) is 4.74 Å². The van der Waals surface area contributed by atoms with E-state index in [-0.39, 0.29) is 5.75 Å². The number of hydrogen-bond donors (Lipinski definition) is 2. The number of anilines is 1. The fraction of sp³-hybridized carbons (Fsp3) is 0.368. The maximum atomic E-state index is 11.7. The van der Waals surface area contributed by atoms with Crippen molar-refractivity contribution >= 4 is 31.6 Å². The van der Waals surface area contributed by atoms with Gasteiger partial charge < -0.3 is 9.84 Å². The summed E-state index contributed by atoms with van der Waals surface area (Å²) in [6, 6.07) is 8.84. The molecule has 0 aliphatic carbocycles. The molecule has 26 heavy (non-hydrogen) atoms. The molecule has 5 nitrogen and oxygen atoms in total. The molecule has 142 valence electrons. The third-order valence-electron chi connectivity index (χ3n) is 3.96. The van der Waals surface area contributed by atoms with E-state index in [0.717, 1.165) is 16.7 Å². The van der Waals surface area contributed by atoms with Crippen LogP contribution in [-0.2, 0) is 15.6 Å². The minimum absolute atomic E-state index is 0.00874. The summed E-state index contributed by atoms with van der Waals surface area (Å²) in [4.78, 5) is 0. The van der Waals surface area contributed by atoms with Gasteiger partial charge in [0.05, 0.1) is 15.8 Å². The monoisotopic (exact) mass is 441 g/mol. The zero-order valence-corrected chi connectivity index (χ0v) is 18.0. The first-order chi connectivity index (χ1) is 11.9. The van der Waals surface area contributed by atoms with Crippen molar-refractivity contribution in [2.75, 3.05) is 10.5 Å². The van der Waals surface area contributed by atoms with E-state index in [1.165, 1.54) is 0 Å². The lowest BCUT2D eigenvalue weighted by molar-refractivity contribution is 0.0784. The predicted octanol–water partition coefficient (Wildman–Crippen LogP) is 4.85. The maximum Gasteiger partial charge on any atom is 0.232 e. The van der Waals surface area contributed by atoms with Crippen LogP contribution >= 0.6 is 15.9 Å². The van der Waals surface area contributed by atoms with E-state index in [1.54, 1.807) is 39.0 Å². The Hall–Kier alpha value is -1.57. The Morgan fingerprint density at radius 1 is 1.15 bits per heavy atom. The van der Waals surface area contributed by atoms with Crippen LogP contribution in [0.15, 0.2) is 34.8 Å². The molecule has 0 aromatic heterocycles. The fourth-order valence-electron chi connectivity index (χ4n) is 2.47. The summed E-state index contributed by atoms with van der Waals surface area (Å²) >= 11 is 3.43. The van der Waals surface area contributed by atoms with E-state index in [1.807, 2.05) is 26.0 Å². The van der Waals surface area contributed by atoms with Gasteiger partial charge in [-0.3, -0.25) is 4.72 Å². The number of aliphatic hydroxyl groups is 1. The summed E-state index contributed by atoms with van der Waals surface area (Å²) in [5.74, 6) is 1.29. The Balaban J connectivity index is 2.32. The quantitative estimate of drug-likeness (QED) is 0.671. The van der Waals surface area contributed by atoms with Gasteiger partial charge in [-0.1, -0.05) is 0 Å². The predicted molar refractivity (Wildman–Crippen MR) is 108 cm³/mol. The highest BCUT2D eigenvalue weighted by Crippen LogP contribution is 2.37. The largest absolute Gasteiger partial charge is 0.456 e. The molecule has 0 fully saturated rings. The van der Waals surface area contributed by atoms with Crippen molar-refractivity contribution in [3.05, 3.63) is 51.5 Å². The second-order valence-electron chi connectivity index (χ2n) is 6.75. The van der Waals surface area contributed by atoms with E-state index in [9.17, 15) is 13.5 Å². The molecular formula is C19H24BrNO4S. The number of ether oxygens (including phenoxy) is 1. The van der Waals surface area contributed by atoms with Crippen LogP contribution < -0.4 is 9.46 Å². The maximum absolute atomic E-state index is 11.7. The van der Waals surface area contributed by atoms with Gasteiger partial charge >= 0.3 is 0 Å². The molecule has 0 amide bonds. The first-order valence-electron chi connectivity index (χ1n) is 8.25. The van der Waals surface area contributed by atoms with Crippen LogP contribution in [0.25, 0.3) is 0 Å². The molecule has 2 N–H and O–H groups in total. The molecule has 0 atom stereocenters. The zero-order valence-electron chi connectivity index (χ0n) is 15.6. The van der Waals surface area contributed by atoms with Crippen molar-refractivity contribution in [2.45, 2.75) is 40.2 Å². The Morgan fingerprint density at radius 3 is 2.19 bits per heavy atom. The van der Waals surface area contributed by atoms with Gasteiger partial charge in [-0.15, -0.1) is 0 Å². The standard InChI is InChI=1S/C19H24BrNO4S/c1-6-26(23,24)21-15-7-8-17(16(20)11-15)25-18-12(2)9-14(10-13(18)3)19(4,5)22/h7-11,21-22H,6H2,1-5H3. The first-order valence-corrected chi connectivity index (χ1v) is 10.7. The SMILES string of the molecule is CCS(=O)(=O)Nc1ccc(Oc2c(C)cc(C(C)(C)O)cc2C)c(Br)c1. The van der Waals surface area contributed by atoms with Gasteiger partial charge in [0.1, 0.15) is 11.5 Å². The van der Waals surface area contributed by atoms with Gasteiger partial charge in [0.25, 0.3) is 0 Å². The second kappa shape index (κ2) is 7.58. The van der Waals surface area contributed by atoms with Crippen LogP contribution in [0.3, 0.4) is 0 Å². The lowest BCUT2D eigenvalue weighted by Crippen LogP contribution is -2.16. The van der Waals surface area contributed by atoms with Gasteiger partial charge in [-0.2, -0.15) is 0 Å². The number of hydrogen-bond acceptors (Lipinski definition) is 4. The van der Waals surface area contributed by atoms with E-state index in [0.29, 0.717) is 21.7 Å². The highest BCUT2D eigenvalue weighted by atomic mass is 79.9. The van der Waals surface area contributed by atoms with Crippen LogP contribution in [0, 0.1) is 13.8 Å². The van der Waals surface area contributed by atoms with Crippen molar-refractivity contribution in [1.82, 2.24) is 0 Å². The average molecular weight is 442 g/mol. The van der Waals surface area contributed by atoms with Crippen LogP contribution in [0.5, 0.6) is 11.5 Å². The topological polar surface area (TPSA) is 75.6 Å². The summed E-state index contributed by atoms with van der Waals surface area (Å²) in [7, 11) is -3.33. The summed E-state index contributed by atoms with van der Waals surface area (Å²) in [5, 5.41) is 10.2. The third-order valence-corrected chi connectivity index (χ3v) is 5.89. The molecule has 0 bridgehead atoms. The summed E-state index contributed by atoms with van der Waals surface area (Å²) < 4.78 is 32.5. The highest BCUT2D eigenvalue weighted by Gasteiger charge is 2.19. The van der Waals surface area contributed by atoms with E-state index in [2.05, 4.69) is 20.7 Å². The molecule has 2 aromatic carbocycles. The molecule has 0 saturated carbocycles. The smallest absolute Gasteiger partial charge is 0.232 e. The first kappa shape index (κ1) is 20.7. The van der Waals surface area contributed by atoms with E-state index >= 15 is 0 Å². The number of nitrogens with one attached hydrogen (secondary N) is 1. The van der Waals surface area contributed by atoms with E-state index < -0.39 is 15.6 Å². The van der Waals surface area contributed by atoms with Crippen LogP contribution in [0.1, 0.15) is 37.5 Å². The zero-order chi connectivity index (χ0) is 19.7. The van der Waals surface area contributed by atoms with Crippen molar-refractivity contribution in [3.8, 4) is 11.5 Å². The van der Waals surface area contributed by atoms with Crippen LogP contribution in [-0.4, -0.2) is 19.3 Å². The molecule has 7 heteroatoms. The number of rotatable bonds is 6. The van der Waals surface area contributed by atoms with Crippen LogP contribution in [0.4, 0.5) is 5.69 Å². The van der Waals surface area contributed by atoms with Crippen molar-refractivity contribution < 1.29 is 18.3 Å². The van der Waals surface area contributed by atoms with Gasteiger partial charge in [0.15, 0.2) is 0 Å². The number of sulfonamides is 1. The molecule has 2 rings (SSSR count). The highest BCUT2D eigenvalue weighted by molar-refractivity contribution is 9.10. The van der Waals surface area contributed by atoms with Crippen molar-refractivity contribution in [2.24, 2.45) is 0 Å². The molecular weight excluding hydrogens is 418 g/mol. The van der Waals surface area contributed by atoms with Crippen LogP contribution in [0.2, 0.25) is 0 Å². The summed E-state index contributed by atoms with van der Waals surface area (Å²) in [5.41, 5.74) is 2.18.